The van der Waals surface area contributed by atoms with E-state index < -0.39 is 28.5 Å². The zero-order valence-corrected chi connectivity index (χ0v) is 10.1. The van der Waals surface area contributed by atoms with E-state index >= 15 is 0 Å². The minimum Gasteiger partial charge on any atom is -0.478 e. The molecule has 0 fully saturated rings. The first kappa shape index (κ1) is 14.5. The van der Waals surface area contributed by atoms with Gasteiger partial charge < -0.3 is 10.4 Å². The molecule has 0 aromatic carbocycles. The van der Waals surface area contributed by atoms with Crippen LogP contribution in [0.3, 0.4) is 0 Å². The highest BCUT2D eigenvalue weighted by molar-refractivity contribution is 7.16. The Hall–Kier alpha value is -1.57. The molecular formula is C10H10F3NO3S. The zero-order chi connectivity index (χ0) is 13.9. The molecule has 0 saturated heterocycles. The van der Waals surface area contributed by atoms with Crippen molar-refractivity contribution in [3.63, 3.8) is 0 Å². The average Bonchev–Trinajstić information content (AvgIpc) is 2.61. The molecule has 1 aromatic heterocycles. The number of carbonyl (C=O) groups is 2. The van der Waals surface area contributed by atoms with Crippen molar-refractivity contribution < 1.29 is 27.9 Å². The van der Waals surface area contributed by atoms with E-state index in [0.717, 1.165) is 0 Å². The van der Waals surface area contributed by atoms with Crippen LogP contribution in [0.4, 0.5) is 18.2 Å². The molecule has 18 heavy (non-hydrogen) atoms. The summed E-state index contributed by atoms with van der Waals surface area (Å²) in [7, 11) is 0. The molecule has 4 nitrogen and oxygen atoms in total. The van der Waals surface area contributed by atoms with E-state index in [9.17, 15) is 22.8 Å². The first-order valence-electron chi connectivity index (χ1n) is 5.00. The van der Waals surface area contributed by atoms with E-state index in [-0.39, 0.29) is 22.8 Å². The summed E-state index contributed by atoms with van der Waals surface area (Å²) in [5.41, 5.74) is -0.545. The average molecular weight is 281 g/mol. The van der Waals surface area contributed by atoms with E-state index in [2.05, 4.69) is 5.32 Å². The SMILES string of the molecule is CCCC(=O)Nc1sc(C(F)(F)F)cc1C(=O)O. The Morgan fingerprint density at radius 1 is 1.44 bits per heavy atom. The third kappa shape index (κ3) is 3.46. The molecule has 8 heteroatoms. The van der Waals surface area contributed by atoms with Crippen molar-refractivity contribution in [2.24, 2.45) is 0 Å². The number of aromatic carboxylic acids is 1. The Kier molecular flexibility index (Phi) is 4.33. The van der Waals surface area contributed by atoms with Gasteiger partial charge in [0, 0.05) is 6.42 Å². The lowest BCUT2D eigenvalue weighted by molar-refractivity contribution is -0.134. The summed E-state index contributed by atoms with van der Waals surface area (Å²) >= 11 is 0.211. The van der Waals surface area contributed by atoms with E-state index in [1.54, 1.807) is 6.92 Å². The van der Waals surface area contributed by atoms with E-state index in [1.165, 1.54) is 0 Å². The number of thiophene rings is 1. The normalized spacial score (nSPS) is 11.3. The van der Waals surface area contributed by atoms with E-state index in [0.29, 0.717) is 12.5 Å². The van der Waals surface area contributed by atoms with Gasteiger partial charge in [-0.05, 0) is 12.5 Å². The summed E-state index contributed by atoms with van der Waals surface area (Å²) in [6.45, 7) is 1.73. The molecule has 0 aliphatic heterocycles. The molecule has 0 bridgehead atoms. The smallest absolute Gasteiger partial charge is 0.425 e. The summed E-state index contributed by atoms with van der Waals surface area (Å²) < 4.78 is 37.3. The van der Waals surface area contributed by atoms with Gasteiger partial charge in [0.05, 0.1) is 5.56 Å². The first-order valence-corrected chi connectivity index (χ1v) is 5.81. The van der Waals surface area contributed by atoms with Gasteiger partial charge in [0.2, 0.25) is 5.91 Å². The molecule has 0 unspecified atom stereocenters. The quantitative estimate of drug-likeness (QED) is 0.890. The van der Waals surface area contributed by atoms with Crippen LogP contribution in [-0.2, 0) is 11.0 Å². The Morgan fingerprint density at radius 3 is 2.50 bits per heavy atom. The van der Waals surface area contributed by atoms with Crippen LogP contribution in [0, 0.1) is 0 Å². The number of carboxylic acid groups (broad SMARTS) is 1. The number of amides is 1. The minimum absolute atomic E-state index is 0.123. The van der Waals surface area contributed by atoms with Crippen molar-refractivity contribution in [1.82, 2.24) is 0 Å². The van der Waals surface area contributed by atoms with Crippen molar-refractivity contribution in [3.8, 4) is 0 Å². The Labute approximate surface area is 104 Å². The molecule has 1 amide bonds. The largest absolute Gasteiger partial charge is 0.478 e. The van der Waals surface area contributed by atoms with Crippen molar-refractivity contribution in [3.05, 3.63) is 16.5 Å². The van der Waals surface area contributed by atoms with E-state index in [1.807, 2.05) is 0 Å². The van der Waals surface area contributed by atoms with Crippen LogP contribution in [0.5, 0.6) is 0 Å². The van der Waals surface area contributed by atoms with Crippen LogP contribution in [0.25, 0.3) is 0 Å². The third-order valence-corrected chi connectivity index (χ3v) is 3.07. The summed E-state index contributed by atoms with van der Waals surface area (Å²) in [5, 5.41) is 10.7. The van der Waals surface area contributed by atoms with Gasteiger partial charge >= 0.3 is 12.1 Å². The number of carboxylic acids is 1. The van der Waals surface area contributed by atoms with Gasteiger partial charge in [0.25, 0.3) is 0 Å². The fourth-order valence-corrected chi connectivity index (χ4v) is 2.13. The number of halogens is 3. The van der Waals surface area contributed by atoms with Gasteiger partial charge in [-0.2, -0.15) is 13.2 Å². The Balaban J connectivity index is 3.06. The van der Waals surface area contributed by atoms with Gasteiger partial charge in [0.1, 0.15) is 9.88 Å². The van der Waals surface area contributed by atoms with Crippen LogP contribution in [0.15, 0.2) is 6.07 Å². The second kappa shape index (κ2) is 5.38. The number of hydrogen-bond donors (Lipinski definition) is 2. The second-order valence-corrected chi connectivity index (χ2v) is 4.51. The number of alkyl halides is 3. The molecule has 1 aromatic rings. The lowest BCUT2D eigenvalue weighted by Crippen LogP contribution is -2.11. The maximum absolute atomic E-state index is 12.4. The van der Waals surface area contributed by atoms with Gasteiger partial charge in [-0.1, -0.05) is 6.92 Å². The van der Waals surface area contributed by atoms with Crippen LogP contribution < -0.4 is 5.32 Å². The van der Waals surface area contributed by atoms with E-state index in [4.69, 9.17) is 5.11 Å². The Bertz CT molecular complexity index is 467. The van der Waals surface area contributed by atoms with Gasteiger partial charge in [-0.25, -0.2) is 4.79 Å². The van der Waals surface area contributed by atoms with Gasteiger partial charge in [-0.3, -0.25) is 4.79 Å². The lowest BCUT2D eigenvalue weighted by Gasteiger charge is -2.02. The van der Waals surface area contributed by atoms with Crippen molar-refractivity contribution in [2.45, 2.75) is 25.9 Å². The molecule has 0 atom stereocenters. The number of hydrogen-bond acceptors (Lipinski definition) is 3. The van der Waals surface area contributed by atoms with Crippen molar-refractivity contribution >= 4 is 28.2 Å². The molecule has 1 rings (SSSR count). The summed E-state index contributed by atoms with van der Waals surface area (Å²) in [4.78, 5) is 21.0. The van der Waals surface area contributed by atoms with Crippen molar-refractivity contribution in [2.75, 3.05) is 5.32 Å². The highest BCUT2D eigenvalue weighted by atomic mass is 32.1. The van der Waals surface area contributed by atoms with Crippen molar-refractivity contribution in [1.29, 1.82) is 0 Å². The molecule has 2 N–H and O–H groups in total. The fraction of sp³-hybridized carbons (Fsp3) is 0.400. The third-order valence-electron chi connectivity index (χ3n) is 1.97. The molecule has 0 spiro atoms. The fourth-order valence-electron chi connectivity index (χ4n) is 1.20. The van der Waals surface area contributed by atoms with Gasteiger partial charge in [-0.15, -0.1) is 11.3 Å². The molecule has 100 valence electrons. The molecule has 0 aliphatic carbocycles. The molecule has 0 saturated carbocycles. The number of rotatable bonds is 4. The predicted octanol–water partition coefficient (Wildman–Crippen LogP) is 3.20. The second-order valence-electron chi connectivity index (χ2n) is 3.45. The summed E-state index contributed by atoms with van der Waals surface area (Å²) in [5.74, 6) is -2.01. The summed E-state index contributed by atoms with van der Waals surface area (Å²) in [6.07, 6.45) is -3.98. The minimum atomic E-state index is -4.62. The topological polar surface area (TPSA) is 66.4 Å². The lowest BCUT2D eigenvalue weighted by atomic mass is 10.2. The monoisotopic (exact) mass is 281 g/mol. The maximum Gasteiger partial charge on any atom is 0.425 e. The maximum atomic E-state index is 12.4. The summed E-state index contributed by atoms with van der Waals surface area (Å²) in [6, 6.07) is 0.522. The molecule has 0 aliphatic rings. The highest BCUT2D eigenvalue weighted by Crippen LogP contribution is 2.39. The molecule has 0 radical (unpaired) electrons. The van der Waals surface area contributed by atoms with Crippen LogP contribution in [0.1, 0.15) is 35.0 Å². The van der Waals surface area contributed by atoms with Crippen LogP contribution in [0.2, 0.25) is 0 Å². The van der Waals surface area contributed by atoms with Gasteiger partial charge in [0.15, 0.2) is 0 Å². The first-order chi connectivity index (χ1) is 8.25. The molecular weight excluding hydrogens is 271 g/mol. The predicted molar refractivity (Wildman–Crippen MR) is 59.8 cm³/mol. The number of nitrogens with one attached hydrogen (secondary N) is 1. The van der Waals surface area contributed by atoms with Crippen LogP contribution >= 0.6 is 11.3 Å². The standard InChI is InChI=1S/C10H10F3NO3S/c1-2-3-7(15)14-8-5(9(16)17)4-6(18-8)10(11,12)13/h4H,2-3H2,1H3,(H,14,15)(H,16,17). The number of anilines is 1. The Morgan fingerprint density at radius 2 is 2.06 bits per heavy atom. The number of carbonyl (C=O) groups excluding carboxylic acids is 1. The highest BCUT2D eigenvalue weighted by Gasteiger charge is 2.35. The van der Waals surface area contributed by atoms with Crippen LogP contribution in [-0.4, -0.2) is 17.0 Å². The molecule has 1 heterocycles. The zero-order valence-electron chi connectivity index (χ0n) is 9.30.